The summed E-state index contributed by atoms with van der Waals surface area (Å²) in [5.74, 6) is 0.847. The third-order valence-corrected chi connectivity index (χ3v) is 4.46. The number of ether oxygens (including phenoxy) is 3. The molecule has 0 aliphatic rings. The SMILES string of the molecule is COc1cc(NC(=O)C(c2ccccc2)c2ccccc2)cc(OC)c1OC. The maximum Gasteiger partial charge on any atom is 0.236 e. The molecule has 0 unspecified atom stereocenters. The number of rotatable bonds is 7. The molecular weight excluding hydrogens is 354 g/mol. The van der Waals surface area contributed by atoms with Crippen LogP contribution in [0.3, 0.4) is 0 Å². The highest BCUT2D eigenvalue weighted by atomic mass is 16.5. The van der Waals surface area contributed by atoms with Crippen molar-refractivity contribution in [3.05, 3.63) is 83.9 Å². The lowest BCUT2D eigenvalue weighted by atomic mass is 9.90. The molecule has 0 atom stereocenters. The summed E-state index contributed by atoms with van der Waals surface area (Å²) < 4.78 is 16.1. The molecule has 0 aromatic heterocycles. The highest BCUT2D eigenvalue weighted by Crippen LogP contribution is 2.40. The summed E-state index contributed by atoms with van der Waals surface area (Å²) in [6.45, 7) is 0. The van der Waals surface area contributed by atoms with Crippen molar-refractivity contribution in [1.29, 1.82) is 0 Å². The van der Waals surface area contributed by atoms with E-state index >= 15 is 0 Å². The molecule has 3 aromatic rings. The summed E-state index contributed by atoms with van der Waals surface area (Å²) in [5.41, 5.74) is 2.40. The van der Waals surface area contributed by atoms with Crippen molar-refractivity contribution in [3.63, 3.8) is 0 Å². The first-order chi connectivity index (χ1) is 13.7. The molecule has 0 radical (unpaired) electrons. The Kier molecular flexibility index (Phi) is 6.17. The van der Waals surface area contributed by atoms with Crippen molar-refractivity contribution in [2.24, 2.45) is 0 Å². The van der Waals surface area contributed by atoms with Crippen LogP contribution in [0, 0.1) is 0 Å². The summed E-state index contributed by atoms with van der Waals surface area (Å²) in [6.07, 6.45) is 0. The average molecular weight is 377 g/mol. The summed E-state index contributed by atoms with van der Waals surface area (Å²) in [6, 6.07) is 22.8. The van der Waals surface area contributed by atoms with Gasteiger partial charge in [-0.2, -0.15) is 0 Å². The van der Waals surface area contributed by atoms with E-state index < -0.39 is 5.92 Å². The molecule has 0 fully saturated rings. The predicted molar refractivity (Wildman–Crippen MR) is 109 cm³/mol. The molecule has 3 aromatic carbocycles. The largest absolute Gasteiger partial charge is 0.493 e. The van der Waals surface area contributed by atoms with Crippen LogP contribution in [0.4, 0.5) is 5.69 Å². The van der Waals surface area contributed by atoms with Crippen molar-refractivity contribution < 1.29 is 19.0 Å². The standard InChI is InChI=1S/C23H23NO4/c1-26-19-14-18(15-20(27-2)22(19)28-3)24-23(25)21(16-10-6-4-7-11-16)17-12-8-5-9-13-17/h4-15,21H,1-3H3,(H,24,25). The van der Waals surface area contributed by atoms with Crippen molar-refractivity contribution in [2.45, 2.75) is 5.92 Å². The van der Waals surface area contributed by atoms with Gasteiger partial charge in [0.15, 0.2) is 11.5 Å². The van der Waals surface area contributed by atoms with E-state index in [9.17, 15) is 4.79 Å². The van der Waals surface area contributed by atoms with Crippen molar-refractivity contribution >= 4 is 11.6 Å². The fraction of sp³-hybridized carbons (Fsp3) is 0.174. The van der Waals surface area contributed by atoms with Crippen LogP contribution in [0.2, 0.25) is 0 Å². The minimum absolute atomic E-state index is 0.147. The fourth-order valence-electron chi connectivity index (χ4n) is 3.15. The Balaban J connectivity index is 1.97. The smallest absolute Gasteiger partial charge is 0.236 e. The zero-order valence-corrected chi connectivity index (χ0v) is 16.1. The van der Waals surface area contributed by atoms with E-state index in [2.05, 4.69) is 5.32 Å². The second-order valence-electron chi connectivity index (χ2n) is 6.16. The summed E-state index contributed by atoms with van der Waals surface area (Å²) in [4.78, 5) is 13.2. The lowest BCUT2D eigenvalue weighted by Gasteiger charge is -2.19. The summed E-state index contributed by atoms with van der Waals surface area (Å²) >= 11 is 0. The first-order valence-corrected chi connectivity index (χ1v) is 8.88. The summed E-state index contributed by atoms with van der Waals surface area (Å²) in [5, 5.41) is 2.99. The Morgan fingerprint density at radius 2 is 1.21 bits per heavy atom. The van der Waals surface area contributed by atoms with Crippen molar-refractivity contribution in [1.82, 2.24) is 0 Å². The lowest BCUT2D eigenvalue weighted by Crippen LogP contribution is -2.22. The Morgan fingerprint density at radius 1 is 0.750 bits per heavy atom. The maximum absolute atomic E-state index is 13.2. The molecule has 1 N–H and O–H groups in total. The number of methoxy groups -OCH3 is 3. The zero-order valence-electron chi connectivity index (χ0n) is 16.1. The van der Waals surface area contributed by atoms with E-state index in [1.165, 1.54) is 0 Å². The number of hydrogen-bond donors (Lipinski definition) is 1. The second kappa shape index (κ2) is 8.95. The quantitative estimate of drug-likeness (QED) is 0.659. The van der Waals surface area contributed by atoms with E-state index in [0.29, 0.717) is 22.9 Å². The van der Waals surface area contributed by atoms with Gasteiger partial charge in [-0.3, -0.25) is 4.79 Å². The minimum atomic E-state index is -0.443. The third-order valence-electron chi connectivity index (χ3n) is 4.46. The van der Waals surface area contributed by atoms with Crippen LogP contribution >= 0.6 is 0 Å². The Labute approximate surface area is 164 Å². The van der Waals surface area contributed by atoms with Gasteiger partial charge in [0.25, 0.3) is 0 Å². The monoisotopic (exact) mass is 377 g/mol. The van der Waals surface area contributed by atoms with E-state index in [-0.39, 0.29) is 5.91 Å². The molecule has 0 saturated heterocycles. The fourth-order valence-corrected chi connectivity index (χ4v) is 3.15. The third kappa shape index (κ3) is 4.09. The van der Waals surface area contributed by atoms with Crippen LogP contribution in [-0.4, -0.2) is 27.2 Å². The molecule has 0 aliphatic carbocycles. The van der Waals surface area contributed by atoms with Crippen LogP contribution in [0.1, 0.15) is 17.0 Å². The number of amides is 1. The number of carbonyl (C=O) groups is 1. The first-order valence-electron chi connectivity index (χ1n) is 8.88. The van der Waals surface area contributed by atoms with Crippen molar-refractivity contribution in [2.75, 3.05) is 26.6 Å². The van der Waals surface area contributed by atoms with Crippen LogP contribution < -0.4 is 19.5 Å². The molecule has 0 saturated carbocycles. The van der Waals surface area contributed by atoms with Gasteiger partial charge in [-0.15, -0.1) is 0 Å². The summed E-state index contributed by atoms with van der Waals surface area (Å²) in [7, 11) is 4.62. The maximum atomic E-state index is 13.2. The van der Waals surface area contributed by atoms with E-state index in [0.717, 1.165) is 11.1 Å². The van der Waals surface area contributed by atoms with Gasteiger partial charge in [-0.05, 0) is 11.1 Å². The van der Waals surface area contributed by atoms with E-state index in [1.807, 2.05) is 60.7 Å². The Morgan fingerprint density at radius 3 is 1.61 bits per heavy atom. The van der Waals surface area contributed by atoms with Crippen LogP contribution in [0.15, 0.2) is 72.8 Å². The molecule has 0 aliphatic heterocycles. The number of hydrogen-bond acceptors (Lipinski definition) is 4. The topological polar surface area (TPSA) is 56.8 Å². The Bertz CT molecular complexity index is 861. The molecule has 0 heterocycles. The van der Waals surface area contributed by atoms with Gasteiger partial charge in [0.1, 0.15) is 0 Å². The van der Waals surface area contributed by atoms with Gasteiger partial charge in [0.05, 0.1) is 27.2 Å². The highest BCUT2D eigenvalue weighted by Gasteiger charge is 2.23. The number of nitrogens with one attached hydrogen (secondary N) is 1. The highest BCUT2D eigenvalue weighted by molar-refractivity contribution is 5.98. The molecule has 5 heteroatoms. The molecule has 0 spiro atoms. The number of anilines is 1. The van der Waals surface area contributed by atoms with Gasteiger partial charge in [0.2, 0.25) is 11.7 Å². The molecular formula is C23H23NO4. The van der Waals surface area contributed by atoms with Gasteiger partial charge < -0.3 is 19.5 Å². The molecule has 5 nitrogen and oxygen atoms in total. The molecule has 28 heavy (non-hydrogen) atoms. The molecule has 3 rings (SSSR count). The number of benzene rings is 3. The van der Waals surface area contributed by atoms with Crippen LogP contribution in [-0.2, 0) is 4.79 Å². The molecule has 1 amide bonds. The van der Waals surface area contributed by atoms with Gasteiger partial charge in [0, 0.05) is 17.8 Å². The van der Waals surface area contributed by atoms with Crippen molar-refractivity contribution in [3.8, 4) is 17.2 Å². The molecule has 0 bridgehead atoms. The first kappa shape index (κ1) is 19.3. The second-order valence-corrected chi connectivity index (χ2v) is 6.16. The minimum Gasteiger partial charge on any atom is -0.493 e. The molecule has 144 valence electrons. The average Bonchev–Trinajstić information content (AvgIpc) is 2.74. The van der Waals surface area contributed by atoms with E-state index in [4.69, 9.17) is 14.2 Å². The van der Waals surface area contributed by atoms with Gasteiger partial charge in [-0.1, -0.05) is 60.7 Å². The predicted octanol–water partition coefficient (Wildman–Crippen LogP) is 4.48. The zero-order chi connectivity index (χ0) is 19.9. The van der Waals surface area contributed by atoms with Crippen LogP contribution in [0.25, 0.3) is 0 Å². The number of carbonyl (C=O) groups excluding carboxylic acids is 1. The Hall–Kier alpha value is -3.47. The van der Waals surface area contributed by atoms with Gasteiger partial charge in [-0.25, -0.2) is 0 Å². The van der Waals surface area contributed by atoms with Gasteiger partial charge >= 0.3 is 0 Å². The van der Waals surface area contributed by atoms with Crippen LogP contribution in [0.5, 0.6) is 17.2 Å². The lowest BCUT2D eigenvalue weighted by molar-refractivity contribution is -0.116. The normalized spacial score (nSPS) is 10.4. The van der Waals surface area contributed by atoms with E-state index in [1.54, 1.807) is 33.5 Å².